The van der Waals surface area contributed by atoms with Crippen LogP contribution in [-0.4, -0.2) is 190 Å². The second kappa shape index (κ2) is 31.6. The van der Waals surface area contributed by atoms with Crippen molar-refractivity contribution in [2.45, 2.75) is 99.9 Å². The minimum absolute atomic E-state index is 0.00394. The van der Waals surface area contributed by atoms with Gasteiger partial charge in [0.05, 0.1) is 38.3 Å². The van der Waals surface area contributed by atoms with E-state index in [-0.39, 0.29) is 57.1 Å². The summed E-state index contributed by atoms with van der Waals surface area (Å²) in [4.78, 5) is 140. The van der Waals surface area contributed by atoms with Crippen LogP contribution in [0.5, 0.6) is 0 Å². The molecular formula is C42H67N17O14S. The van der Waals surface area contributed by atoms with E-state index in [4.69, 9.17) is 34.4 Å². The highest BCUT2D eigenvalue weighted by Crippen LogP contribution is 2.19. The van der Waals surface area contributed by atoms with Gasteiger partial charge in [-0.1, -0.05) is 18.2 Å². The van der Waals surface area contributed by atoms with Gasteiger partial charge in [0.25, 0.3) is 0 Å². The molecule has 9 amide bonds. The normalized spacial score (nSPS) is 14.6. The number of H-pyrrole nitrogens is 1. The van der Waals surface area contributed by atoms with Gasteiger partial charge in [-0.2, -0.15) is 12.6 Å². The number of nitrogens with two attached hydrogens (primary N) is 6. The molecule has 0 aliphatic heterocycles. The predicted octanol–water partition coefficient (Wildman–Crippen LogP) is -9.09. The number of aliphatic imine (C=N–C) groups is 2. The molecule has 25 N–H and O–H groups in total. The first-order valence-corrected chi connectivity index (χ1v) is 23.4. The SMILES string of the molecule is C[C@@H](O)[C@H](NC(=O)CNC(=O)[C@H](CCCN=C(N)N)NC(=O)[C@@H](N)Cc1c[nH]c2ccccc12)C(=O)N[C@@H](CO)C(=O)N[C@@H](CS)C(=O)N[C@@H](CO)C(=O)N[C@@H](CCCN=C(N)N)C(=O)N[C@@H](CC(N)=O)C(=O)O. The number of aliphatic hydroxyl groups excluding tert-OH is 3. The van der Waals surface area contributed by atoms with Gasteiger partial charge in [0.15, 0.2) is 11.9 Å². The second-order valence-electron chi connectivity index (χ2n) is 16.5. The van der Waals surface area contributed by atoms with E-state index in [1.54, 1.807) is 6.20 Å². The van der Waals surface area contributed by atoms with Crippen LogP contribution in [0.15, 0.2) is 40.4 Å². The van der Waals surface area contributed by atoms with Crippen LogP contribution in [-0.2, 0) is 54.4 Å². The van der Waals surface area contributed by atoms with Crippen molar-refractivity contribution in [3.05, 3.63) is 36.0 Å². The van der Waals surface area contributed by atoms with Crippen LogP contribution in [0.4, 0.5) is 0 Å². The van der Waals surface area contributed by atoms with Crippen molar-refractivity contribution in [3.8, 4) is 0 Å². The lowest BCUT2D eigenvalue weighted by Crippen LogP contribution is -2.62. The Balaban J connectivity index is 2.09. The van der Waals surface area contributed by atoms with Gasteiger partial charge >= 0.3 is 5.97 Å². The molecule has 0 unspecified atom stereocenters. The number of guanidine groups is 2. The van der Waals surface area contributed by atoms with E-state index in [1.165, 1.54) is 0 Å². The van der Waals surface area contributed by atoms with Crippen LogP contribution >= 0.6 is 12.6 Å². The van der Waals surface area contributed by atoms with E-state index in [2.05, 4.69) is 70.1 Å². The van der Waals surface area contributed by atoms with Gasteiger partial charge in [-0.15, -0.1) is 0 Å². The first-order valence-electron chi connectivity index (χ1n) is 22.7. The fraction of sp³-hybridized carbons (Fsp3) is 0.524. The third-order valence-corrected chi connectivity index (χ3v) is 10.9. The van der Waals surface area contributed by atoms with E-state index in [0.29, 0.717) is 0 Å². The number of hydrogen-bond acceptors (Lipinski definition) is 17. The number of para-hydroxylation sites is 1. The Bertz CT molecular complexity index is 2340. The molecule has 0 saturated carbocycles. The number of aromatic amines is 1. The Morgan fingerprint density at radius 1 is 0.649 bits per heavy atom. The van der Waals surface area contributed by atoms with E-state index in [9.17, 15) is 68.4 Å². The lowest BCUT2D eigenvalue weighted by Gasteiger charge is -2.26. The third-order valence-electron chi connectivity index (χ3n) is 10.6. The highest BCUT2D eigenvalue weighted by atomic mass is 32.1. The summed E-state index contributed by atoms with van der Waals surface area (Å²) in [6.45, 7) is -1.83. The molecule has 1 aromatic heterocycles. The maximum Gasteiger partial charge on any atom is 0.326 e. The minimum Gasteiger partial charge on any atom is -0.480 e. The number of amides is 9. The number of carboxylic acid groups (broad SMARTS) is 1. The molecule has 32 heteroatoms. The number of hydrogen-bond donors (Lipinski definition) is 20. The van der Waals surface area contributed by atoms with Crippen LogP contribution in [0, 0.1) is 0 Å². The molecule has 1 aromatic carbocycles. The smallest absolute Gasteiger partial charge is 0.326 e. The van der Waals surface area contributed by atoms with Crippen molar-refractivity contribution in [3.63, 3.8) is 0 Å². The molecule has 0 radical (unpaired) electrons. The van der Waals surface area contributed by atoms with Gasteiger partial charge in [-0.25, -0.2) is 4.79 Å². The van der Waals surface area contributed by atoms with E-state index in [1.807, 2.05) is 24.3 Å². The molecule has 1 heterocycles. The van der Waals surface area contributed by atoms with Crippen molar-refractivity contribution in [2.24, 2.45) is 44.4 Å². The van der Waals surface area contributed by atoms with E-state index in [0.717, 1.165) is 23.4 Å². The Morgan fingerprint density at radius 3 is 1.64 bits per heavy atom. The largest absolute Gasteiger partial charge is 0.480 e. The number of primary amides is 1. The fourth-order valence-corrected chi connectivity index (χ4v) is 6.97. The number of thiol groups is 1. The van der Waals surface area contributed by atoms with Gasteiger partial charge in [0, 0.05) is 35.9 Å². The second-order valence-corrected chi connectivity index (χ2v) is 16.9. The molecule has 2 rings (SSSR count). The average molecular weight is 1070 g/mol. The minimum atomic E-state index is -1.85. The standard InChI is InChI=1S/C42H67N17O14S/c1-19(62)32(59-31(64)15-52-34(66)24(8-4-10-49-41(45)46)53-33(65)22(43)12-20-14-51-23-7-3-2-6-21(20)23)39(71)57-28(17-61)37(69)58-29(18-74)38(70)56-27(16-60)36(68)54-25(9-5-11-50-42(47)48)35(67)55-26(40(72)73)13-30(44)63/h2-3,6-7,14,19,22,24-29,32,51,60-62,74H,4-5,8-13,15-18,43H2,1H3,(H2,44,63)(H,52,66)(H,53,65)(H,54,68)(H,55,67)(H,56,70)(H,57,71)(H,58,69)(H,59,64)(H,72,73)(H4,45,46,49)(H4,47,48,50)/t19-,22+,24+,25+,26+,27+,28+,29+,32+/m1/s1. The highest BCUT2D eigenvalue weighted by Gasteiger charge is 2.34. The van der Waals surface area contributed by atoms with Crippen LogP contribution in [0.3, 0.4) is 0 Å². The summed E-state index contributed by atoms with van der Waals surface area (Å²) in [5.41, 5.74) is 34.3. The summed E-state index contributed by atoms with van der Waals surface area (Å²) in [5.74, 6) is -12.0. The Kier molecular flexibility index (Phi) is 26.6. The number of carbonyl (C=O) groups is 10. The maximum atomic E-state index is 13.4. The zero-order valence-corrected chi connectivity index (χ0v) is 41.1. The van der Waals surface area contributed by atoms with Gasteiger partial charge in [0.1, 0.15) is 42.3 Å². The molecule has 0 aliphatic carbocycles. The van der Waals surface area contributed by atoms with Gasteiger partial charge in [0.2, 0.25) is 53.2 Å². The summed E-state index contributed by atoms with van der Waals surface area (Å²) >= 11 is 4.04. The third kappa shape index (κ3) is 21.5. The number of carboxylic acids is 1. The molecule has 410 valence electrons. The molecule has 74 heavy (non-hydrogen) atoms. The maximum absolute atomic E-state index is 13.4. The van der Waals surface area contributed by atoms with Crippen LogP contribution < -0.4 is 76.9 Å². The van der Waals surface area contributed by atoms with Gasteiger partial charge in [-0.3, -0.25) is 53.1 Å². The van der Waals surface area contributed by atoms with Crippen LogP contribution in [0.1, 0.15) is 44.6 Å². The summed E-state index contributed by atoms with van der Waals surface area (Å²) in [7, 11) is 0. The first kappa shape index (κ1) is 62.3. The number of aliphatic carboxylic acids is 1. The average Bonchev–Trinajstić information content (AvgIpc) is 3.75. The summed E-state index contributed by atoms with van der Waals surface area (Å²) < 4.78 is 0. The molecule has 2 aromatic rings. The van der Waals surface area contributed by atoms with Crippen molar-refractivity contribution in [1.29, 1.82) is 0 Å². The molecule has 31 nitrogen and oxygen atoms in total. The fourth-order valence-electron chi connectivity index (χ4n) is 6.71. The Hall–Kier alpha value is -7.81. The van der Waals surface area contributed by atoms with Gasteiger partial charge in [-0.05, 0) is 50.7 Å². The van der Waals surface area contributed by atoms with Crippen LogP contribution in [0.25, 0.3) is 10.9 Å². The quantitative estimate of drug-likeness (QED) is 0.0137. The molecular weight excluding hydrogens is 999 g/mol. The number of carbonyl (C=O) groups excluding carboxylic acids is 9. The number of nitrogens with zero attached hydrogens (tertiary/aromatic N) is 2. The van der Waals surface area contributed by atoms with Gasteiger partial charge < -0.3 is 102 Å². The molecule has 0 aliphatic rings. The zero-order chi connectivity index (χ0) is 55.7. The van der Waals surface area contributed by atoms with E-state index < -0.39 is 146 Å². The van der Waals surface area contributed by atoms with E-state index >= 15 is 0 Å². The van der Waals surface area contributed by atoms with Crippen molar-refractivity contribution in [1.82, 2.24) is 47.5 Å². The van der Waals surface area contributed by atoms with Crippen molar-refractivity contribution >= 4 is 94.6 Å². The van der Waals surface area contributed by atoms with Crippen molar-refractivity contribution < 1.29 is 68.4 Å². The molecule has 0 fully saturated rings. The summed E-state index contributed by atoms with van der Waals surface area (Å²) in [5, 5.41) is 58.7. The van der Waals surface area contributed by atoms with Crippen LogP contribution in [0.2, 0.25) is 0 Å². The number of fused-ring (bicyclic) bond motifs is 1. The predicted molar refractivity (Wildman–Crippen MR) is 267 cm³/mol. The summed E-state index contributed by atoms with van der Waals surface area (Å²) in [6, 6.07) is -5.40. The first-order chi connectivity index (χ1) is 34.9. The highest BCUT2D eigenvalue weighted by molar-refractivity contribution is 7.80. The molecule has 0 saturated heterocycles. The number of benzene rings is 1. The topological polar surface area (TPSA) is 544 Å². The number of aromatic nitrogens is 1. The monoisotopic (exact) mass is 1070 g/mol. The zero-order valence-electron chi connectivity index (χ0n) is 40.2. The number of rotatable bonds is 33. The van der Waals surface area contributed by atoms with Crippen molar-refractivity contribution in [2.75, 3.05) is 38.6 Å². The lowest BCUT2D eigenvalue weighted by molar-refractivity contribution is -0.144. The number of nitrogens with one attached hydrogen (secondary N) is 9. The Morgan fingerprint density at radius 2 is 1.12 bits per heavy atom. The number of aliphatic hydroxyl groups is 3. The molecule has 0 spiro atoms. The molecule has 9 atom stereocenters. The lowest BCUT2D eigenvalue weighted by atomic mass is 10.0. The molecule has 0 bridgehead atoms. The summed E-state index contributed by atoms with van der Waals surface area (Å²) in [6.07, 6.45) is -0.606. The Labute approximate surface area is 428 Å².